The van der Waals surface area contributed by atoms with Gasteiger partial charge in [-0.15, -0.1) is 0 Å². The van der Waals surface area contributed by atoms with E-state index in [0.29, 0.717) is 28.1 Å². The molecule has 28 heavy (non-hydrogen) atoms. The zero-order chi connectivity index (χ0) is 20.3. The molecule has 10 heteroatoms. The highest BCUT2D eigenvalue weighted by molar-refractivity contribution is 9.10. The molecule has 2 aromatic carbocycles. The molecule has 0 bridgehead atoms. The molecular formula is C18H15BrN4O4S. The predicted molar refractivity (Wildman–Crippen MR) is 113 cm³/mol. The molecule has 144 valence electrons. The van der Waals surface area contributed by atoms with Gasteiger partial charge in [-0.25, -0.2) is 0 Å². The zero-order valence-electron chi connectivity index (χ0n) is 14.8. The van der Waals surface area contributed by atoms with Crippen LogP contribution in [0.1, 0.15) is 17.3 Å². The number of anilines is 2. The summed E-state index contributed by atoms with van der Waals surface area (Å²) in [5, 5.41) is 7.95. The second kappa shape index (κ2) is 8.36. The summed E-state index contributed by atoms with van der Waals surface area (Å²) in [6, 6.07) is 10.2. The SMILES string of the molecule is COc1ccc(Br)cc1C(=O)NC(=S)Nc1nc2ccc(NC(C)=O)cc2o1. The first-order valence-electron chi connectivity index (χ1n) is 8.00. The number of hydrogen-bond acceptors (Lipinski definition) is 6. The van der Waals surface area contributed by atoms with Gasteiger partial charge in [0.2, 0.25) is 5.91 Å². The maximum atomic E-state index is 12.5. The molecule has 0 saturated heterocycles. The molecule has 0 atom stereocenters. The molecule has 1 heterocycles. The van der Waals surface area contributed by atoms with Crippen LogP contribution in [-0.2, 0) is 4.79 Å². The third kappa shape index (κ3) is 4.65. The van der Waals surface area contributed by atoms with Crippen LogP contribution >= 0.6 is 28.1 Å². The standard InChI is InChI=1S/C18H15BrN4O4S/c1-9(24)20-11-4-5-13-15(8-11)27-17(21-13)23-18(28)22-16(25)12-7-10(19)3-6-14(12)26-2/h3-8H,1-2H3,(H,20,24)(H2,21,22,23,25,28). The van der Waals surface area contributed by atoms with Crippen LogP contribution in [0.15, 0.2) is 45.3 Å². The summed E-state index contributed by atoms with van der Waals surface area (Å²) in [6.07, 6.45) is 0. The van der Waals surface area contributed by atoms with E-state index >= 15 is 0 Å². The Morgan fingerprint density at radius 1 is 1.18 bits per heavy atom. The summed E-state index contributed by atoms with van der Waals surface area (Å²) in [4.78, 5) is 27.9. The van der Waals surface area contributed by atoms with Crippen LogP contribution in [0.5, 0.6) is 5.75 Å². The van der Waals surface area contributed by atoms with Crippen LogP contribution in [-0.4, -0.2) is 29.0 Å². The lowest BCUT2D eigenvalue weighted by Gasteiger charge is -2.10. The number of hydrogen-bond donors (Lipinski definition) is 3. The van der Waals surface area contributed by atoms with Gasteiger partial charge in [0, 0.05) is 23.2 Å². The molecule has 0 saturated carbocycles. The van der Waals surface area contributed by atoms with Crippen LogP contribution < -0.4 is 20.7 Å². The number of aromatic nitrogens is 1. The van der Waals surface area contributed by atoms with Crippen molar-refractivity contribution in [2.45, 2.75) is 6.92 Å². The van der Waals surface area contributed by atoms with Gasteiger partial charge in [-0.2, -0.15) is 4.98 Å². The molecule has 3 N–H and O–H groups in total. The quantitative estimate of drug-likeness (QED) is 0.507. The van der Waals surface area contributed by atoms with E-state index in [1.807, 2.05) is 0 Å². The molecule has 3 aromatic rings. The fourth-order valence-corrected chi connectivity index (χ4v) is 2.96. The minimum atomic E-state index is -0.445. The lowest BCUT2D eigenvalue weighted by Crippen LogP contribution is -2.34. The molecule has 8 nitrogen and oxygen atoms in total. The molecule has 2 amide bonds. The minimum Gasteiger partial charge on any atom is -0.496 e. The monoisotopic (exact) mass is 462 g/mol. The van der Waals surface area contributed by atoms with Gasteiger partial charge in [0.1, 0.15) is 11.3 Å². The Balaban J connectivity index is 1.71. The van der Waals surface area contributed by atoms with Crippen LogP contribution in [0.3, 0.4) is 0 Å². The summed E-state index contributed by atoms with van der Waals surface area (Å²) in [5.74, 6) is -0.223. The lowest BCUT2D eigenvalue weighted by atomic mass is 10.2. The van der Waals surface area contributed by atoms with Gasteiger partial charge >= 0.3 is 6.01 Å². The number of halogens is 1. The summed E-state index contributed by atoms with van der Waals surface area (Å²) < 4.78 is 11.5. The van der Waals surface area contributed by atoms with Gasteiger partial charge in [0.25, 0.3) is 5.91 Å². The van der Waals surface area contributed by atoms with E-state index in [2.05, 4.69) is 36.9 Å². The number of nitrogens with one attached hydrogen (secondary N) is 3. The van der Waals surface area contributed by atoms with Gasteiger partial charge in [-0.1, -0.05) is 15.9 Å². The number of ether oxygens (including phenoxy) is 1. The second-order valence-electron chi connectivity index (χ2n) is 5.64. The van der Waals surface area contributed by atoms with Crippen molar-refractivity contribution >= 4 is 67.9 Å². The minimum absolute atomic E-state index is 0.0145. The van der Waals surface area contributed by atoms with Crippen LogP contribution in [0, 0.1) is 0 Å². The van der Waals surface area contributed by atoms with Gasteiger partial charge in [0.05, 0.1) is 12.7 Å². The van der Waals surface area contributed by atoms with Crippen molar-refractivity contribution in [2.24, 2.45) is 0 Å². The number of nitrogens with zero attached hydrogens (tertiary/aromatic N) is 1. The highest BCUT2D eigenvalue weighted by Gasteiger charge is 2.15. The summed E-state index contributed by atoms with van der Waals surface area (Å²) in [6.45, 7) is 1.42. The van der Waals surface area contributed by atoms with Crippen molar-refractivity contribution in [2.75, 3.05) is 17.7 Å². The Hall–Kier alpha value is -2.98. The molecule has 0 aliphatic carbocycles. The summed E-state index contributed by atoms with van der Waals surface area (Å²) in [7, 11) is 1.48. The lowest BCUT2D eigenvalue weighted by molar-refractivity contribution is -0.114. The van der Waals surface area contributed by atoms with E-state index in [1.54, 1.807) is 36.4 Å². The number of carbonyl (C=O) groups is 2. The van der Waals surface area contributed by atoms with Crippen molar-refractivity contribution in [3.8, 4) is 5.75 Å². The van der Waals surface area contributed by atoms with Crippen molar-refractivity contribution in [1.82, 2.24) is 10.3 Å². The first-order chi connectivity index (χ1) is 13.4. The molecule has 0 aliphatic rings. The van der Waals surface area contributed by atoms with Crippen LogP contribution in [0.2, 0.25) is 0 Å². The first kappa shape index (κ1) is 19.8. The number of benzene rings is 2. The second-order valence-corrected chi connectivity index (χ2v) is 6.96. The van der Waals surface area contributed by atoms with Crippen molar-refractivity contribution in [3.63, 3.8) is 0 Å². The number of oxazole rings is 1. The first-order valence-corrected chi connectivity index (χ1v) is 9.20. The van der Waals surface area contributed by atoms with Crippen LogP contribution in [0.4, 0.5) is 11.7 Å². The fourth-order valence-electron chi connectivity index (χ4n) is 2.42. The third-order valence-corrected chi connectivity index (χ3v) is 4.26. The van der Waals surface area contributed by atoms with Gasteiger partial charge in [-0.05, 0) is 42.5 Å². The van der Waals surface area contributed by atoms with E-state index < -0.39 is 5.91 Å². The molecule has 0 fully saturated rings. The number of carbonyl (C=O) groups excluding carboxylic acids is 2. The summed E-state index contributed by atoms with van der Waals surface area (Å²) >= 11 is 8.48. The topological polar surface area (TPSA) is 105 Å². The van der Waals surface area contributed by atoms with E-state index in [1.165, 1.54) is 14.0 Å². The molecule has 0 spiro atoms. The average molecular weight is 463 g/mol. The Morgan fingerprint density at radius 3 is 2.68 bits per heavy atom. The Morgan fingerprint density at radius 2 is 1.96 bits per heavy atom. The number of thiocarbonyl (C=S) groups is 1. The smallest absolute Gasteiger partial charge is 0.302 e. The predicted octanol–water partition coefficient (Wildman–Crippen LogP) is 3.68. The maximum absolute atomic E-state index is 12.5. The number of fused-ring (bicyclic) bond motifs is 1. The normalized spacial score (nSPS) is 10.4. The van der Waals surface area contributed by atoms with Crippen molar-refractivity contribution in [3.05, 3.63) is 46.4 Å². The van der Waals surface area contributed by atoms with Crippen molar-refractivity contribution in [1.29, 1.82) is 0 Å². The van der Waals surface area contributed by atoms with Crippen molar-refractivity contribution < 1.29 is 18.7 Å². The summed E-state index contributed by atoms with van der Waals surface area (Å²) in [5.41, 5.74) is 1.93. The molecule has 0 aliphatic heterocycles. The Bertz CT molecular complexity index is 1080. The highest BCUT2D eigenvalue weighted by Crippen LogP contribution is 2.24. The molecule has 3 rings (SSSR count). The largest absolute Gasteiger partial charge is 0.496 e. The van der Waals surface area contributed by atoms with E-state index in [9.17, 15) is 9.59 Å². The Kier molecular flexibility index (Phi) is 5.90. The molecule has 0 unspecified atom stereocenters. The molecular weight excluding hydrogens is 448 g/mol. The van der Waals surface area contributed by atoms with Gasteiger partial charge < -0.3 is 14.5 Å². The van der Waals surface area contributed by atoms with Crippen LogP contribution in [0.25, 0.3) is 11.1 Å². The van der Waals surface area contributed by atoms with Gasteiger partial charge in [-0.3, -0.25) is 20.2 Å². The van der Waals surface area contributed by atoms with E-state index in [4.69, 9.17) is 21.4 Å². The number of amides is 2. The average Bonchev–Trinajstić information content (AvgIpc) is 3.02. The molecule has 0 radical (unpaired) electrons. The highest BCUT2D eigenvalue weighted by atomic mass is 79.9. The number of methoxy groups -OCH3 is 1. The zero-order valence-corrected chi connectivity index (χ0v) is 17.2. The van der Waals surface area contributed by atoms with E-state index in [-0.39, 0.29) is 17.0 Å². The maximum Gasteiger partial charge on any atom is 0.302 e. The molecule has 1 aromatic heterocycles. The van der Waals surface area contributed by atoms with E-state index in [0.717, 1.165) is 4.47 Å². The Labute approximate surface area is 173 Å². The van der Waals surface area contributed by atoms with Gasteiger partial charge in [0.15, 0.2) is 10.7 Å². The third-order valence-electron chi connectivity index (χ3n) is 3.56. The number of rotatable bonds is 4. The fraction of sp³-hybridized carbons (Fsp3) is 0.111.